The summed E-state index contributed by atoms with van der Waals surface area (Å²) < 4.78 is 2.10. The van der Waals surface area contributed by atoms with Gasteiger partial charge in [0.1, 0.15) is 12.6 Å². The Kier molecular flexibility index (Phi) is 9.58. The first-order chi connectivity index (χ1) is 16.6. The van der Waals surface area contributed by atoms with E-state index in [1.807, 2.05) is 0 Å². The monoisotopic (exact) mass is 491 g/mol. The first kappa shape index (κ1) is 27.1. The summed E-state index contributed by atoms with van der Waals surface area (Å²) >= 11 is 0. The van der Waals surface area contributed by atoms with Gasteiger partial charge in [0.15, 0.2) is 6.04 Å². The minimum Gasteiger partial charge on any atom is -0.493 e. The van der Waals surface area contributed by atoms with Crippen molar-refractivity contribution in [2.24, 2.45) is 5.73 Å². The molecule has 0 saturated carbocycles. The summed E-state index contributed by atoms with van der Waals surface area (Å²) in [6, 6.07) is 4.63. The number of benzene rings is 1. The maximum atomic E-state index is 12.7. The molecule has 0 aliphatic heterocycles. The number of hydrogen-bond donors (Lipinski definition) is 6. The zero-order valence-electron chi connectivity index (χ0n) is 19.1. The normalized spacial score (nSPS) is 12.5. The second-order valence-electron chi connectivity index (χ2n) is 7.68. The zero-order valence-corrected chi connectivity index (χ0v) is 19.1. The number of carboxylic acids is 2. The van der Waals surface area contributed by atoms with E-state index in [4.69, 9.17) is 5.73 Å². The van der Waals surface area contributed by atoms with E-state index in [1.165, 1.54) is 16.7 Å². The molecule has 0 spiro atoms. The molecule has 35 heavy (non-hydrogen) atoms. The molecule has 0 aliphatic rings. The average molecular weight is 492 g/mol. The quantitative estimate of drug-likeness (QED) is 0.206. The van der Waals surface area contributed by atoms with E-state index >= 15 is 0 Å². The van der Waals surface area contributed by atoms with Crippen LogP contribution >= 0.6 is 0 Å². The van der Waals surface area contributed by atoms with Gasteiger partial charge in [-0.25, -0.2) is 9.59 Å². The summed E-state index contributed by atoms with van der Waals surface area (Å²) in [5, 5.41) is 33.6. The molecule has 0 radical (unpaired) electrons. The van der Waals surface area contributed by atoms with Crippen molar-refractivity contribution >= 4 is 23.8 Å². The van der Waals surface area contributed by atoms with Crippen LogP contribution < -0.4 is 22.1 Å². The molecule has 0 fully saturated rings. The highest BCUT2D eigenvalue weighted by Crippen LogP contribution is 2.18. The van der Waals surface area contributed by atoms with Crippen molar-refractivity contribution in [2.75, 3.05) is 6.54 Å². The largest absolute Gasteiger partial charge is 0.493 e. The lowest BCUT2D eigenvalue weighted by Crippen LogP contribution is -2.50. The summed E-state index contributed by atoms with van der Waals surface area (Å²) in [5.41, 5.74) is 5.40. The lowest BCUT2D eigenvalue weighted by molar-refractivity contribution is -0.143. The summed E-state index contributed by atoms with van der Waals surface area (Å²) in [6.07, 6.45) is -0.0341. The predicted octanol–water partition coefficient (Wildman–Crippen LogP) is -0.832. The molecule has 1 aromatic heterocycles. The standard InChI is InChI=1S/C22H29N5O8/c1-2-26-15(9-6-10-23)20(32)27(22(26)35)12-16(28)24-14(11-17(29)30)19(31)25-18(21(33)34)13-7-4-3-5-8-13/h3-5,7-8,14,18,32H,2,6,9-12,23H2,1H3,(H,24,28)(H,25,31)(H,29,30)(H,33,34)/t14-,18+/m0/s1. The fraction of sp³-hybridized carbons (Fsp3) is 0.409. The zero-order chi connectivity index (χ0) is 26.1. The van der Waals surface area contributed by atoms with Gasteiger partial charge in [-0.05, 0) is 31.9 Å². The molecule has 13 nitrogen and oxygen atoms in total. The van der Waals surface area contributed by atoms with Gasteiger partial charge in [-0.15, -0.1) is 0 Å². The molecule has 0 bridgehead atoms. The molecule has 0 saturated heterocycles. The van der Waals surface area contributed by atoms with Crippen LogP contribution in [0.4, 0.5) is 0 Å². The highest BCUT2D eigenvalue weighted by atomic mass is 16.4. The first-order valence-corrected chi connectivity index (χ1v) is 10.9. The lowest BCUT2D eigenvalue weighted by atomic mass is 10.1. The Morgan fingerprint density at radius 2 is 1.71 bits per heavy atom. The van der Waals surface area contributed by atoms with E-state index in [0.29, 0.717) is 25.1 Å². The summed E-state index contributed by atoms with van der Waals surface area (Å²) in [7, 11) is 0. The van der Waals surface area contributed by atoms with Crippen LogP contribution in [0.25, 0.3) is 0 Å². The van der Waals surface area contributed by atoms with Gasteiger partial charge < -0.3 is 31.7 Å². The highest BCUT2D eigenvalue weighted by molar-refractivity contribution is 5.93. The third-order valence-electron chi connectivity index (χ3n) is 5.23. The molecular weight excluding hydrogens is 462 g/mol. The number of nitrogens with one attached hydrogen (secondary N) is 2. The highest BCUT2D eigenvalue weighted by Gasteiger charge is 2.30. The van der Waals surface area contributed by atoms with Gasteiger partial charge in [-0.2, -0.15) is 0 Å². The Labute approximate surface area is 200 Å². The van der Waals surface area contributed by atoms with E-state index in [-0.39, 0.29) is 12.1 Å². The van der Waals surface area contributed by atoms with Crippen molar-refractivity contribution in [3.8, 4) is 5.88 Å². The van der Waals surface area contributed by atoms with Gasteiger partial charge in [0.2, 0.25) is 17.7 Å². The molecule has 190 valence electrons. The number of hydrogen-bond acceptors (Lipinski definition) is 7. The third-order valence-corrected chi connectivity index (χ3v) is 5.23. The summed E-state index contributed by atoms with van der Waals surface area (Å²) in [5.74, 6) is -5.18. The maximum Gasteiger partial charge on any atom is 0.331 e. The van der Waals surface area contributed by atoms with Gasteiger partial charge >= 0.3 is 17.6 Å². The number of amides is 2. The fourth-order valence-electron chi connectivity index (χ4n) is 3.56. The topological polar surface area (TPSA) is 206 Å². The van der Waals surface area contributed by atoms with Crippen LogP contribution in [0.2, 0.25) is 0 Å². The predicted molar refractivity (Wildman–Crippen MR) is 123 cm³/mol. The number of aromatic hydroxyl groups is 1. The lowest BCUT2D eigenvalue weighted by Gasteiger charge is -2.20. The molecule has 2 rings (SSSR count). The SMILES string of the molecule is CCn1c(CCCN)c(O)n(CC(=O)N[C@@H](CC(=O)O)C(=O)N[C@@H](C(=O)O)c2ccccc2)c1=O. The third kappa shape index (κ3) is 6.93. The molecule has 2 amide bonds. The van der Waals surface area contributed by atoms with Gasteiger partial charge in [0.05, 0.1) is 12.1 Å². The minimum absolute atomic E-state index is 0.237. The number of aromatic nitrogens is 2. The van der Waals surface area contributed by atoms with Gasteiger partial charge in [-0.3, -0.25) is 23.5 Å². The summed E-state index contributed by atoms with van der Waals surface area (Å²) in [6.45, 7) is 1.57. The minimum atomic E-state index is -1.63. The van der Waals surface area contributed by atoms with Crippen LogP contribution in [0, 0.1) is 0 Å². The second kappa shape index (κ2) is 12.4. The average Bonchev–Trinajstić information content (AvgIpc) is 3.03. The Morgan fingerprint density at radius 1 is 1.06 bits per heavy atom. The van der Waals surface area contributed by atoms with E-state index in [1.54, 1.807) is 25.1 Å². The molecule has 1 aromatic carbocycles. The van der Waals surface area contributed by atoms with E-state index in [0.717, 1.165) is 4.57 Å². The Balaban J connectivity index is 2.22. The first-order valence-electron chi connectivity index (χ1n) is 10.9. The van der Waals surface area contributed by atoms with Crippen molar-refractivity contribution in [3.63, 3.8) is 0 Å². The van der Waals surface area contributed by atoms with Crippen molar-refractivity contribution in [1.29, 1.82) is 0 Å². The van der Waals surface area contributed by atoms with E-state index in [2.05, 4.69) is 10.6 Å². The number of carbonyl (C=O) groups is 4. The number of imidazole rings is 1. The molecule has 13 heteroatoms. The van der Waals surface area contributed by atoms with Gasteiger partial charge in [0.25, 0.3) is 0 Å². The second-order valence-corrected chi connectivity index (χ2v) is 7.68. The molecule has 0 unspecified atom stereocenters. The van der Waals surface area contributed by atoms with E-state index < -0.39 is 60.4 Å². The van der Waals surface area contributed by atoms with Crippen LogP contribution in [-0.2, 0) is 38.7 Å². The maximum absolute atomic E-state index is 12.7. The number of carbonyl (C=O) groups excluding carboxylic acids is 2. The summed E-state index contributed by atoms with van der Waals surface area (Å²) in [4.78, 5) is 60.9. The Bertz CT molecular complexity index is 1120. The Hall–Kier alpha value is -4.13. The Morgan fingerprint density at radius 3 is 2.26 bits per heavy atom. The van der Waals surface area contributed by atoms with Crippen LogP contribution in [0.15, 0.2) is 35.1 Å². The van der Waals surface area contributed by atoms with Crippen LogP contribution in [-0.4, -0.2) is 60.8 Å². The van der Waals surface area contributed by atoms with Crippen molar-refractivity contribution in [1.82, 2.24) is 19.8 Å². The number of nitrogens with two attached hydrogens (primary N) is 1. The van der Waals surface area contributed by atoms with Crippen LogP contribution in [0.5, 0.6) is 5.88 Å². The molecule has 7 N–H and O–H groups in total. The van der Waals surface area contributed by atoms with Crippen molar-refractivity contribution in [3.05, 3.63) is 52.1 Å². The van der Waals surface area contributed by atoms with E-state index in [9.17, 15) is 39.3 Å². The number of rotatable bonds is 13. The molecule has 2 atom stereocenters. The van der Waals surface area contributed by atoms with Crippen molar-refractivity contribution < 1.29 is 34.5 Å². The smallest absolute Gasteiger partial charge is 0.331 e. The molecule has 1 heterocycles. The molecular formula is C22H29N5O8. The molecule has 2 aromatic rings. The molecule has 0 aliphatic carbocycles. The fourth-order valence-corrected chi connectivity index (χ4v) is 3.56. The number of aliphatic carboxylic acids is 2. The number of nitrogens with zero attached hydrogens (tertiary/aromatic N) is 2. The van der Waals surface area contributed by atoms with Gasteiger partial charge in [0, 0.05) is 6.54 Å². The van der Waals surface area contributed by atoms with Crippen LogP contribution in [0.3, 0.4) is 0 Å². The van der Waals surface area contributed by atoms with Crippen molar-refractivity contribution in [2.45, 2.75) is 51.4 Å². The van der Waals surface area contributed by atoms with Crippen LogP contribution in [0.1, 0.15) is 37.1 Å². The van der Waals surface area contributed by atoms with Gasteiger partial charge in [-0.1, -0.05) is 30.3 Å². The number of carboxylic acid groups (broad SMARTS) is 2.